The number of phenolic OH excluding ortho intramolecular Hbond substituents is 2. The molecule has 1 aliphatic carbocycles. The van der Waals surface area contributed by atoms with Crippen molar-refractivity contribution in [3.63, 3.8) is 0 Å². The molecule has 0 saturated carbocycles. The lowest BCUT2D eigenvalue weighted by atomic mass is 9.82. The van der Waals surface area contributed by atoms with Gasteiger partial charge in [-0.15, -0.1) is 0 Å². The van der Waals surface area contributed by atoms with Crippen molar-refractivity contribution in [3.05, 3.63) is 87.0 Å². The monoisotopic (exact) mass is 376 g/mol. The number of rotatable bonds is 3. The number of ketones is 2. The number of carbonyl (C=O) groups is 2. The quantitative estimate of drug-likeness (QED) is 0.283. The number of hydrogen-bond acceptors (Lipinski definition) is 7. The Bertz CT molecular complexity index is 1170. The number of nitrogens with zero attached hydrogens (tertiary/aromatic N) is 1. The Kier molecular flexibility index (Phi) is 3.82. The SMILES string of the molecule is O=C1c2cc([N+](=O)[O-])ccc2C(=O)c2c1cc(O)c(O)c2Nc1ccccc1. The fourth-order valence-electron chi connectivity index (χ4n) is 3.17. The molecule has 3 aromatic rings. The second-order valence-corrected chi connectivity index (χ2v) is 6.18. The first-order valence-corrected chi connectivity index (χ1v) is 8.17. The molecule has 8 nitrogen and oxygen atoms in total. The lowest BCUT2D eigenvalue weighted by Gasteiger charge is -2.22. The standard InChI is InChI=1S/C20H12N2O6/c23-15-9-14-16(17(20(15)26)21-10-4-2-1-3-5-10)19(25)12-7-6-11(22(27)28)8-13(12)18(14)24/h1-9,21,23,26H. The van der Waals surface area contributed by atoms with Crippen molar-refractivity contribution in [2.45, 2.75) is 0 Å². The van der Waals surface area contributed by atoms with Crippen LogP contribution in [0, 0.1) is 10.1 Å². The molecule has 0 bridgehead atoms. The van der Waals surface area contributed by atoms with Crippen LogP contribution in [0.3, 0.4) is 0 Å². The van der Waals surface area contributed by atoms with Gasteiger partial charge in [0.1, 0.15) is 0 Å². The van der Waals surface area contributed by atoms with Crippen LogP contribution in [0.15, 0.2) is 54.6 Å². The molecule has 0 saturated heterocycles. The second kappa shape index (κ2) is 6.20. The summed E-state index contributed by atoms with van der Waals surface area (Å²) in [6, 6.07) is 13.0. The number of nitro groups is 1. The number of anilines is 2. The topological polar surface area (TPSA) is 130 Å². The summed E-state index contributed by atoms with van der Waals surface area (Å²) in [4.78, 5) is 36.3. The number of benzene rings is 3. The number of fused-ring (bicyclic) bond motifs is 2. The summed E-state index contributed by atoms with van der Waals surface area (Å²) in [5.41, 5.74) is -0.290. The molecule has 0 aromatic heterocycles. The summed E-state index contributed by atoms with van der Waals surface area (Å²) in [5.74, 6) is -2.41. The van der Waals surface area contributed by atoms with Crippen LogP contribution in [-0.4, -0.2) is 26.7 Å². The van der Waals surface area contributed by atoms with E-state index in [4.69, 9.17) is 0 Å². The van der Waals surface area contributed by atoms with Crippen molar-refractivity contribution in [1.82, 2.24) is 0 Å². The molecule has 138 valence electrons. The molecule has 3 N–H and O–H groups in total. The van der Waals surface area contributed by atoms with Gasteiger partial charge in [0.25, 0.3) is 5.69 Å². The maximum atomic E-state index is 13.1. The first-order valence-electron chi connectivity index (χ1n) is 8.17. The third kappa shape index (κ3) is 2.55. The second-order valence-electron chi connectivity index (χ2n) is 6.18. The maximum absolute atomic E-state index is 13.1. The summed E-state index contributed by atoms with van der Waals surface area (Å²) in [5, 5.41) is 34.2. The minimum absolute atomic E-state index is 0.00991. The van der Waals surface area contributed by atoms with Gasteiger partial charge in [-0.1, -0.05) is 18.2 Å². The molecular weight excluding hydrogens is 364 g/mol. The molecule has 0 unspecified atom stereocenters. The molecule has 8 heteroatoms. The summed E-state index contributed by atoms with van der Waals surface area (Å²) >= 11 is 0. The van der Waals surface area contributed by atoms with Crippen molar-refractivity contribution in [2.24, 2.45) is 0 Å². The molecule has 0 amide bonds. The van der Waals surface area contributed by atoms with Crippen LogP contribution >= 0.6 is 0 Å². The van der Waals surface area contributed by atoms with Gasteiger partial charge in [0.2, 0.25) is 0 Å². The Morgan fingerprint density at radius 2 is 1.57 bits per heavy atom. The number of para-hydroxylation sites is 1. The Labute approximate surface area is 157 Å². The van der Waals surface area contributed by atoms with Crippen LogP contribution in [0.2, 0.25) is 0 Å². The minimum atomic E-state index is -0.662. The van der Waals surface area contributed by atoms with Crippen LogP contribution < -0.4 is 5.32 Å². The van der Waals surface area contributed by atoms with Gasteiger partial charge in [0, 0.05) is 34.5 Å². The van der Waals surface area contributed by atoms with Gasteiger partial charge < -0.3 is 15.5 Å². The number of non-ortho nitro benzene ring substituents is 1. The lowest BCUT2D eigenvalue weighted by molar-refractivity contribution is -0.384. The van der Waals surface area contributed by atoms with Gasteiger partial charge in [-0.3, -0.25) is 19.7 Å². The van der Waals surface area contributed by atoms with E-state index in [0.717, 1.165) is 18.2 Å². The number of phenols is 2. The first kappa shape index (κ1) is 17.2. The molecule has 28 heavy (non-hydrogen) atoms. The zero-order valence-electron chi connectivity index (χ0n) is 14.2. The summed E-state index contributed by atoms with van der Waals surface area (Å²) in [6.45, 7) is 0. The Morgan fingerprint density at radius 3 is 2.25 bits per heavy atom. The van der Waals surface area contributed by atoms with E-state index in [9.17, 15) is 29.9 Å². The summed E-state index contributed by atoms with van der Waals surface area (Å²) < 4.78 is 0. The van der Waals surface area contributed by atoms with Crippen molar-refractivity contribution in [2.75, 3.05) is 5.32 Å². The highest BCUT2D eigenvalue weighted by molar-refractivity contribution is 6.31. The number of nitro benzene ring substituents is 1. The zero-order chi connectivity index (χ0) is 20.0. The molecule has 0 spiro atoms. The van der Waals surface area contributed by atoms with E-state index in [2.05, 4.69) is 5.32 Å². The predicted octanol–water partition coefficient (Wildman–Crippen LogP) is 3.53. The minimum Gasteiger partial charge on any atom is -0.504 e. The van der Waals surface area contributed by atoms with Gasteiger partial charge in [-0.25, -0.2) is 0 Å². The van der Waals surface area contributed by atoms with Crippen molar-refractivity contribution in [3.8, 4) is 11.5 Å². The molecule has 3 aromatic carbocycles. The molecule has 0 aliphatic heterocycles. The summed E-state index contributed by atoms with van der Waals surface area (Å²) in [6.07, 6.45) is 0. The number of nitrogens with one attached hydrogen (secondary N) is 1. The van der Waals surface area contributed by atoms with E-state index in [-0.39, 0.29) is 33.6 Å². The molecule has 0 heterocycles. The molecule has 0 fully saturated rings. The molecule has 4 rings (SSSR count). The average molecular weight is 376 g/mol. The number of aromatic hydroxyl groups is 2. The lowest BCUT2D eigenvalue weighted by Crippen LogP contribution is -2.22. The third-order valence-electron chi connectivity index (χ3n) is 4.50. The highest BCUT2D eigenvalue weighted by Crippen LogP contribution is 2.44. The highest BCUT2D eigenvalue weighted by atomic mass is 16.6. The van der Waals surface area contributed by atoms with Crippen molar-refractivity contribution >= 4 is 28.6 Å². The van der Waals surface area contributed by atoms with E-state index >= 15 is 0 Å². The maximum Gasteiger partial charge on any atom is 0.270 e. The van der Waals surface area contributed by atoms with E-state index in [0.29, 0.717) is 5.69 Å². The number of carbonyl (C=O) groups excluding carboxylic acids is 2. The Morgan fingerprint density at radius 1 is 0.857 bits per heavy atom. The van der Waals surface area contributed by atoms with Crippen LogP contribution in [0.4, 0.5) is 17.1 Å². The normalized spacial score (nSPS) is 12.3. The average Bonchev–Trinajstić information content (AvgIpc) is 2.69. The first-order chi connectivity index (χ1) is 13.4. The Balaban J connectivity index is 1.93. The van der Waals surface area contributed by atoms with Crippen LogP contribution in [0.1, 0.15) is 31.8 Å². The van der Waals surface area contributed by atoms with Crippen LogP contribution in [0.25, 0.3) is 0 Å². The van der Waals surface area contributed by atoms with Gasteiger partial charge in [0.05, 0.1) is 16.2 Å². The van der Waals surface area contributed by atoms with E-state index in [1.807, 2.05) is 0 Å². The highest BCUT2D eigenvalue weighted by Gasteiger charge is 2.35. The fraction of sp³-hybridized carbons (Fsp3) is 0. The molecule has 0 atom stereocenters. The van der Waals surface area contributed by atoms with Gasteiger partial charge in [-0.05, 0) is 24.3 Å². The van der Waals surface area contributed by atoms with Crippen molar-refractivity contribution < 1.29 is 24.7 Å². The zero-order valence-corrected chi connectivity index (χ0v) is 14.2. The Hall–Kier alpha value is -4.20. The van der Waals surface area contributed by atoms with Crippen LogP contribution in [-0.2, 0) is 0 Å². The predicted molar refractivity (Wildman–Crippen MR) is 99.5 cm³/mol. The van der Waals surface area contributed by atoms with E-state index < -0.39 is 28.0 Å². The molecule has 1 aliphatic rings. The third-order valence-corrected chi connectivity index (χ3v) is 4.50. The van der Waals surface area contributed by atoms with E-state index in [1.54, 1.807) is 30.3 Å². The van der Waals surface area contributed by atoms with Gasteiger partial charge in [-0.2, -0.15) is 0 Å². The largest absolute Gasteiger partial charge is 0.504 e. The van der Waals surface area contributed by atoms with Gasteiger partial charge >= 0.3 is 0 Å². The van der Waals surface area contributed by atoms with E-state index in [1.165, 1.54) is 6.07 Å². The smallest absolute Gasteiger partial charge is 0.270 e. The van der Waals surface area contributed by atoms with Gasteiger partial charge in [0.15, 0.2) is 23.1 Å². The molecular formula is C20H12N2O6. The molecule has 0 radical (unpaired) electrons. The van der Waals surface area contributed by atoms with Crippen molar-refractivity contribution in [1.29, 1.82) is 0 Å². The fourth-order valence-corrected chi connectivity index (χ4v) is 3.17. The number of hydrogen-bond donors (Lipinski definition) is 3. The van der Waals surface area contributed by atoms with Crippen LogP contribution in [0.5, 0.6) is 11.5 Å². The summed E-state index contributed by atoms with van der Waals surface area (Å²) in [7, 11) is 0.